The molecule has 2 aromatic carbocycles. The molecule has 3 aromatic rings. The number of aryl methyl sites for hydroxylation is 2. The van der Waals surface area contributed by atoms with Crippen LogP contribution >= 0.6 is 11.3 Å². The zero-order valence-corrected chi connectivity index (χ0v) is 14.6. The zero-order valence-electron chi connectivity index (χ0n) is 13.8. The molecule has 0 saturated carbocycles. The van der Waals surface area contributed by atoms with Gasteiger partial charge in [-0.1, -0.05) is 24.3 Å². The van der Waals surface area contributed by atoms with Crippen molar-refractivity contribution in [3.05, 3.63) is 63.8 Å². The molecule has 0 aliphatic carbocycles. The van der Waals surface area contributed by atoms with E-state index < -0.39 is 0 Å². The minimum atomic E-state index is -0.381. The van der Waals surface area contributed by atoms with Gasteiger partial charge in [-0.15, -0.1) is 11.3 Å². The predicted octanol–water partition coefficient (Wildman–Crippen LogP) is 4.60. The number of halogens is 1. The van der Waals surface area contributed by atoms with Crippen molar-refractivity contribution in [1.29, 1.82) is 0 Å². The summed E-state index contributed by atoms with van der Waals surface area (Å²) in [5, 5.41) is 3.25. The van der Waals surface area contributed by atoms with E-state index in [1.807, 2.05) is 26.0 Å². The first-order valence-electron chi connectivity index (χ1n) is 7.60. The molecule has 124 valence electrons. The number of nitrogens with one attached hydrogen (secondary N) is 1. The first-order chi connectivity index (χ1) is 11.5. The summed E-state index contributed by atoms with van der Waals surface area (Å²) in [5.74, 6) is -0.342. The molecular formula is C19H18FNO2S. The molecule has 5 heteroatoms. The number of hydrogen-bond donors (Lipinski definition) is 1. The molecule has 0 atom stereocenters. The molecule has 0 aliphatic heterocycles. The van der Waals surface area contributed by atoms with Gasteiger partial charge in [0.05, 0.1) is 12.5 Å². The summed E-state index contributed by atoms with van der Waals surface area (Å²) in [5.41, 5.74) is 3.42. The van der Waals surface area contributed by atoms with E-state index in [4.69, 9.17) is 4.74 Å². The van der Waals surface area contributed by atoms with Crippen LogP contribution in [-0.2, 0) is 6.54 Å². The van der Waals surface area contributed by atoms with Crippen LogP contribution in [0.3, 0.4) is 0 Å². The number of amides is 1. The van der Waals surface area contributed by atoms with Gasteiger partial charge in [0, 0.05) is 11.2 Å². The van der Waals surface area contributed by atoms with Gasteiger partial charge in [0.2, 0.25) is 0 Å². The number of ether oxygens (including phenoxy) is 1. The summed E-state index contributed by atoms with van der Waals surface area (Å²) in [7, 11) is 1.45. The third kappa shape index (κ3) is 2.99. The van der Waals surface area contributed by atoms with Crippen molar-refractivity contribution in [2.45, 2.75) is 20.4 Å². The van der Waals surface area contributed by atoms with E-state index in [1.165, 1.54) is 35.6 Å². The lowest BCUT2D eigenvalue weighted by molar-refractivity contribution is 0.0952. The molecule has 0 saturated heterocycles. The van der Waals surface area contributed by atoms with Crippen LogP contribution in [-0.4, -0.2) is 13.0 Å². The highest BCUT2D eigenvalue weighted by atomic mass is 32.1. The molecule has 1 aromatic heterocycles. The Labute approximate surface area is 144 Å². The fourth-order valence-corrected chi connectivity index (χ4v) is 3.70. The Balaban J connectivity index is 1.86. The molecule has 3 rings (SSSR count). The van der Waals surface area contributed by atoms with Crippen LogP contribution in [0.25, 0.3) is 10.1 Å². The van der Waals surface area contributed by atoms with Gasteiger partial charge in [-0.25, -0.2) is 4.39 Å². The van der Waals surface area contributed by atoms with E-state index in [0.717, 1.165) is 5.56 Å². The maximum absolute atomic E-state index is 14.0. The van der Waals surface area contributed by atoms with Crippen molar-refractivity contribution in [2.75, 3.05) is 7.11 Å². The largest absolute Gasteiger partial charge is 0.494 e. The Morgan fingerprint density at radius 3 is 2.71 bits per heavy atom. The van der Waals surface area contributed by atoms with Gasteiger partial charge in [0.25, 0.3) is 5.91 Å². The van der Waals surface area contributed by atoms with Gasteiger partial charge in [-0.3, -0.25) is 4.79 Å². The fraction of sp³-hybridized carbons (Fsp3) is 0.211. The van der Waals surface area contributed by atoms with Crippen LogP contribution in [0.1, 0.15) is 26.4 Å². The van der Waals surface area contributed by atoms with Crippen molar-refractivity contribution in [3.8, 4) is 5.75 Å². The van der Waals surface area contributed by atoms with Crippen molar-refractivity contribution < 1.29 is 13.9 Å². The lowest BCUT2D eigenvalue weighted by Gasteiger charge is -2.08. The van der Waals surface area contributed by atoms with Crippen LogP contribution in [0.4, 0.5) is 4.39 Å². The summed E-state index contributed by atoms with van der Waals surface area (Å²) < 4.78 is 20.0. The quantitative estimate of drug-likeness (QED) is 0.752. The van der Waals surface area contributed by atoms with E-state index in [2.05, 4.69) is 11.4 Å². The van der Waals surface area contributed by atoms with Gasteiger partial charge < -0.3 is 10.1 Å². The lowest BCUT2D eigenvalue weighted by atomic mass is 10.1. The second kappa shape index (κ2) is 6.61. The van der Waals surface area contributed by atoms with Gasteiger partial charge in [-0.05, 0) is 42.7 Å². The summed E-state index contributed by atoms with van der Waals surface area (Å²) in [4.78, 5) is 12.9. The summed E-state index contributed by atoms with van der Waals surface area (Å²) >= 11 is 1.23. The molecule has 1 amide bonds. The molecule has 1 heterocycles. The second-order valence-corrected chi connectivity index (χ2v) is 6.73. The first-order valence-corrected chi connectivity index (χ1v) is 8.42. The van der Waals surface area contributed by atoms with Crippen molar-refractivity contribution >= 4 is 27.3 Å². The molecular weight excluding hydrogens is 325 g/mol. The average molecular weight is 343 g/mol. The van der Waals surface area contributed by atoms with Crippen LogP contribution in [0.2, 0.25) is 0 Å². The van der Waals surface area contributed by atoms with Crippen molar-refractivity contribution in [1.82, 2.24) is 5.32 Å². The highest BCUT2D eigenvalue weighted by Crippen LogP contribution is 2.39. The molecule has 1 N–H and O–H groups in total. The Morgan fingerprint density at radius 2 is 2.00 bits per heavy atom. The minimum Gasteiger partial charge on any atom is -0.494 e. The van der Waals surface area contributed by atoms with Crippen LogP contribution < -0.4 is 10.1 Å². The molecule has 24 heavy (non-hydrogen) atoms. The van der Waals surface area contributed by atoms with Gasteiger partial charge in [-0.2, -0.15) is 0 Å². The third-order valence-electron chi connectivity index (χ3n) is 4.06. The number of carbonyl (C=O) groups excluding carboxylic acids is 1. The van der Waals surface area contributed by atoms with Gasteiger partial charge in [0.15, 0.2) is 5.75 Å². The smallest absolute Gasteiger partial charge is 0.265 e. The standard InChI is InChI=1S/C19H18FNO2S/c1-11-7-8-13(9-12(11)2)10-21-19(22)18-17(23-3)16-14(20)5-4-6-15(16)24-18/h4-9H,10H2,1-3H3,(H,21,22). The van der Waals surface area contributed by atoms with Crippen molar-refractivity contribution in [3.63, 3.8) is 0 Å². The van der Waals surface area contributed by atoms with Crippen molar-refractivity contribution in [2.24, 2.45) is 0 Å². The SMILES string of the molecule is COc1c(C(=O)NCc2ccc(C)c(C)c2)sc2cccc(F)c12. The third-order valence-corrected chi connectivity index (χ3v) is 5.19. The molecule has 0 aliphatic rings. The number of thiophene rings is 1. The maximum Gasteiger partial charge on any atom is 0.265 e. The fourth-order valence-electron chi connectivity index (χ4n) is 2.60. The summed E-state index contributed by atoms with van der Waals surface area (Å²) in [6, 6.07) is 10.9. The van der Waals surface area contributed by atoms with E-state index in [-0.39, 0.29) is 11.7 Å². The van der Waals surface area contributed by atoms with E-state index in [1.54, 1.807) is 12.1 Å². The molecule has 0 fully saturated rings. The van der Waals surface area contributed by atoms with E-state index >= 15 is 0 Å². The van der Waals surface area contributed by atoms with Crippen LogP contribution in [0.15, 0.2) is 36.4 Å². The summed E-state index contributed by atoms with van der Waals surface area (Å²) in [6.07, 6.45) is 0. The lowest BCUT2D eigenvalue weighted by Crippen LogP contribution is -2.22. The monoisotopic (exact) mass is 343 g/mol. The van der Waals surface area contributed by atoms with E-state index in [9.17, 15) is 9.18 Å². The number of carbonyl (C=O) groups is 1. The maximum atomic E-state index is 14.0. The number of hydrogen-bond acceptors (Lipinski definition) is 3. The van der Waals surface area contributed by atoms with E-state index in [0.29, 0.717) is 27.3 Å². The molecule has 0 bridgehead atoms. The number of fused-ring (bicyclic) bond motifs is 1. The highest BCUT2D eigenvalue weighted by molar-refractivity contribution is 7.21. The van der Waals surface area contributed by atoms with Crippen LogP contribution in [0.5, 0.6) is 5.75 Å². The Hall–Kier alpha value is -2.40. The molecule has 0 unspecified atom stereocenters. The normalized spacial score (nSPS) is 10.8. The van der Waals surface area contributed by atoms with Gasteiger partial charge in [0.1, 0.15) is 10.7 Å². The topological polar surface area (TPSA) is 38.3 Å². The highest BCUT2D eigenvalue weighted by Gasteiger charge is 2.21. The number of benzene rings is 2. The first kappa shape index (κ1) is 16.5. The molecule has 0 spiro atoms. The Kier molecular flexibility index (Phi) is 4.53. The molecule has 0 radical (unpaired) electrons. The average Bonchev–Trinajstić information content (AvgIpc) is 2.95. The Bertz CT molecular complexity index is 917. The number of methoxy groups -OCH3 is 1. The second-order valence-electron chi connectivity index (χ2n) is 5.68. The van der Waals surface area contributed by atoms with Gasteiger partial charge >= 0.3 is 0 Å². The minimum absolute atomic E-state index is 0.259. The van der Waals surface area contributed by atoms with Crippen LogP contribution in [0, 0.1) is 19.7 Å². The summed E-state index contributed by atoms with van der Waals surface area (Å²) in [6.45, 7) is 4.51. The predicted molar refractivity (Wildman–Crippen MR) is 95.4 cm³/mol. The number of rotatable bonds is 4. The zero-order chi connectivity index (χ0) is 17.3. The Morgan fingerprint density at radius 1 is 1.21 bits per heavy atom. The molecule has 3 nitrogen and oxygen atoms in total.